The Morgan fingerprint density at radius 2 is 1.21 bits per heavy atom. The number of fused-ring (bicyclic) bond motifs is 2. The lowest BCUT2D eigenvalue weighted by atomic mass is 10.1. The van der Waals surface area contributed by atoms with Crippen LogP contribution < -0.4 is 26.7 Å². The molecule has 2 N–H and O–H groups in total. The number of hydrogen-bond donors (Lipinski definition) is 1. The van der Waals surface area contributed by atoms with Crippen molar-refractivity contribution in [3.8, 4) is 11.4 Å². The van der Waals surface area contributed by atoms with Gasteiger partial charge in [0.25, 0.3) is 16.8 Å². The van der Waals surface area contributed by atoms with Gasteiger partial charge in [0.2, 0.25) is 0 Å². The van der Waals surface area contributed by atoms with E-state index in [1.54, 1.807) is 72.0 Å². The van der Waals surface area contributed by atoms with Crippen molar-refractivity contribution in [2.24, 2.45) is 0 Å². The summed E-state index contributed by atoms with van der Waals surface area (Å²) in [5.74, 6) is -1.45. The third kappa shape index (κ3) is 9.97. The van der Waals surface area contributed by atoms with E-state index < -0.39 is 45.5 Å². The average Bonchev–Trinajstić information content (AvgIpc) is 3.19. The van der Waals surface area contributed by atoms with E-state index in [4.69, 9.17) is 15.2 Å². The Morgan fingerprint density at radius 3 is 1.63 bits per heavy atom. The number of nitro benzene ring substituents is 1. The molecule has 2 heterocycles. The van der Waals surface area contributed by atoms with Crippen LogP contribution in [0.3, 0.4) is 0 Å². The lowest BCUT2D eigenvalue weighted by Crippen LogP contribution is -2.34. The van der Waals surface area contributed by atoms with E-state index in [0.29, 0.717) is 39.8 Å². The molecule has 0 aliphatic heterocycles. The maximum atomic E-state index is 14.9. The Morgan fingerprint density at radius 1 is 0.758 bits per heavy atom. The smallest absolute Gasteiger partial charge is 0.414 e. The Bertz CT molecular complexity index is 2880. The molecule has 6 rings (SSSR count). The molecule has 0 saturated carbocycles. The summed E-state index contributed by atoms with van der Waals surface area (Å²) in [5, 5.41) is 12.3. The second-order valence-electron chi connectivity index (χ2n) is 16.3. The van der Waals surface area contributed by atoms with E-state index in [0.717, 1.165) is 27.5 Å². The van der Waals surface area contributed by atoms with Crippen LogP contribution in [0.15, 0.2) is 101 Å². The Hall–Kier alpha value is -7.36. The number of carbonyl (C=O) groups excluding carboxylic acids is 2. The van der Waals surface area contributed by atoms with Gasteiger partial charge in [-0.1, -0.05) is 19.6 Å². The zero-order valence-corrected chi connectivity index (χ0v) is 35.9. The molecular formula is C46H48F2N6O8. The normalized spacial score (nSPS) is 11.4. The summed E-state index contributed by atoms with van der Waals surface area (Å²) >= 11 is 0. The highest BCUT2D eigenvalue weighted by molar-refractivity contribution is 5.94. The van der Waals surface area contributed by atoms with Crippen LogP contribution >= 0.6 is 0 Å². The molecule has 14 nitrogen and oxygen atoms in total. The number of ether oxygens (including phenoxy) is 2. The number of hydrogen-bond acceptors (Lipinski definition) is 9. The third-order valence-electron chi connectivity index (χ3n) is 9.45. The number of nitrogen functional groups attached to an aromatic ring is 1. The molecule has 2 aromatic heterocycles. The van der Waals surface area contributed by atoms with Crippen molar-refractivity contribution in [3.05, 3.63) is 145 Å². The van der Waals surface area contributed by atoms with E-state index in [-0.39, 0.29) is 33.4 Å². The minimum absolute atomic E-state index is 0.0361. The molecule has 0 unspecified atom stereocenters. The van der Waals surface area contributed by atoms with Crippen molar-refractivity contribution in [1.82, 2.24) is 9.13 Å². The second kappa shape index (κ2) is 17.7. The number of benzene rings is 4. The number of pyridine rings is 2. The van der Waals surface area contributed by atoms with Crippen molar-refractivity contribution < 1.29 is 32.8 Å². The van der Waals surface area contributed by atoms with Crippen molar-refractivity contribution in [3.63, 3.8) is 0 Å². The van der Waals surface area contributed by atoms with Gasteiger partial charge in [0.05, 0.1) is 38.4 Å². The van der Waals surface area contributed by atoms with Gasteiger partial charge < -0.3 is 15.2 Å². The van der Waals surface area contributed by atoms with E-state index in [1.807, 2.05) is 13.0 Å². The zero-order valence-electron chi connectivity index (χ0n) is 35.9. The number of non-ortho nitro benzene ring substituents is 1. The second-order valence-corrected chi connectivity index (χ2v) is 16.3. The molecule has 0 aliphatic carbocycles. The minimum atomic E-state index is -0.770. The van der Waals surface area contributed by atoms with Crippen molar-refractivity contribution in [1.29, 1.82) is 0 Å². The monoisotopic (exact) mass is 850 g/mol. The quantitative estimate of drug-likeness (QED) is 0.0932. The lowest BCUT2D eigenvalue weighted by Gasteiger charge is -2.25. The van der Waals surface area contributed by atoms with Crippen LogP contribution in [0.1, 0.15) is 59.6 Å². The number of aryl methyl sites for hydroxylation is 1. The summed E-state index contributed by atoms with van der Waals surface area (Å²) in [7, 11) is 2.81. The number of carbonyl (C=O) groups is 2. The van der Waals surface area contributed by atoms with Gasteiger partial charge in [-0.3, -0.25) is 38.6 Å². The summed E-state index contributed by atoms with van der Waals surface area (Å²) in [6, 6.07) is 17.7. The number of nitro groups is 1. The fourth-order valence-corrected chi connectivity index (χ4v) is 6.42. The first-order valence-corrected chi connectivity index (χ1v) is 19.4. The molecule has 4 aromatic carbocycles. The number of amides is 2. The molecule has 0 saturated heterocycles. The van der Waals surface area contributed by atoms with Gasteiger partial charge in [0.1, 0.15) is 22.8 Å². The van der Waals surface area contributed by atoms with E-state index in [2.05, 4.69) is 6.58 Å². The van der Waals surface area contributed by atoms with Crippen molar-refractivity contribution in [2.45, 2.75) is 66.1 Å². The topological polar surface area (TPSA) is 172 Å². The molecule has 0 spiro atoms. The van der Waals surface area contributed by atoms with Crippen LogP contribution in [0.5, 0.6) is 0 Å². The zero-order chi connectivity index (χ0) is 46.0. The maximum Gasteiger partial charge on any atom is 0.414 e. The van der Waals surface area contributed by atoms with Gasteiger partial charge in [-0.05, 0) is 125 Å². The number of aromatic nitrogens is 2. The molecule has 2 amide bonds. The van der Waals surface area contributed by atoms with Gasteiger partial charge in [-0.25, -0.2) is 18.4 Å². The molecular weight excluding hydrogens is 803 g/mol. The Kier molecular flexibility index (Phi) is 13.1. The highest BCUT2D eigenvalue weighted by Crippen LogP contribution is 2.29. The summed E-state index contributed by atoms with van der Waals surface area (Å²) in [6.45, 7) is 15.9. The standard InChI is InChI=1S/C23H22FN3O5.C23H26FN3O3/c1-6-14-11-16(27(30)31)7-8-19(14)26-10-9-15-12-20(18(24)13-17(15)21(26)28)25(5)22(29)32-23(2,3)4;1-6-14-11-16(25)7-8-19(14)27-10-9-15-12-20(18(24)13-17(15)21(27)28)26(5)22(29)30-23(2,3)4/h6-13H,1H2,2-5H3;7-13H,6,25H2,1-5H3. The summed E-state index contributed by atoms with van der Waals surface area (Å²) in [6.07, 6.45) is 3.81. The maximum absolute atomic E-state index is 14.9. The van der Waals surface area contributed by atoms with Gasteiger partial charge in [0, 0.05) is 49.9 Å². The summed E-state index contributed by atoms with van der Waals surface area (Å²) in [4.78, 5) is 63.4. The van der Waals surface area contributed by atoms with Gasteiger partial charge >= 0.3 is 12.2 Å². The predicted molar refractivity (Wildman–Crippen MR) is 239 cm³/mol. The fraction of sp³-hybridized carbons (Fsp3) is 0.261. The SMILES string of the molecule is C=Cc1cc([N+](=O)[O-])ccc1-n1ccc2cc(N(C)C(=O)OC(C)(C)C)c(F)cc2c1=O.CCc1cc(N)ccc1-n1ccc2cc(N(C)C(=O)OC(C)(C)C)c(F)cc2c1=O. The average molecular weight is 851 g/mol. The molecule has 16 heteroatoms. The van der Waals surface area contributed by atoms with Gasteiger partial charge in [0.15, 0.2) is 0 Å². The Labute approximate surface area is 356 Å². The fourth-order valence-electron chi connectivity index (χ4n) is 6.42. The molecule has 324 valence electrons. The molecule has 0 aliphatic rings. The number of nitrogens with two attached hydrogens (primary N) is 1. The van der Waals surface area contributed by atoms with Crippen LogP contribution in [0, 0.1) is 21.7 Å². The van der Waals surface area contributed by atoms with Crippen LogP contribution in [-0.4, -0.2) is 51.5 Å². The molecule has 0 fully saturated rings. The number of anilines is 3. The highest BCUT2D eigenvalue weighted by Gasteiger charge is 2.25. The molecule has 6 aromatic rings. The van der Waals surface area contributed by atoms with Crippen molar-refractivity contribution >= 4 is 62.6 Å². The highest BCUT2D eigenvalue weighted by atomic mass is 19.1. The minimum Gasteiger partial charge on any atom is -0.443 e. The first-order valence-electron chi connectivity index (χ1n) is 19.4. The number of rotatable bonds is 7. The predicted octanol–water partition coefficient (Wildman–Crippen LogP) is 9.70. The van der Waals surface area contributed by atoms with Gasteiger partial charge in [-0.2, -0.15) is 0 Å². The number of nitrogens with zero attached hydrogens (tertiary/aromatic N) is 5. The Balaban J connectivity index is 0.000000235. The molecule has 0 atom stereocenters. The number of halogens is 2. The van der Waals surface area contributed by atoms with E-state index in [9.17, 15) is 38.1 Å². The summed E-state index contributed by atoms with van der Waals surface area (Å²) in [5.41, 5.74) is 6.37. The largest absolute Gasteiger partial charge is 0.443 e. The van der Waals surface area contributed by atoms with E-state index in [1.165, 1.54) is 65.8 Å². The first kappa shape index (κ1) is 45.7. The molecule has 62 heavy (non-hydrogen) atoms. The van der Waals surface area contributed by atoms with Crippen molar-refractivity contribution in [2.75, 3.05) is 29.6 Å². The third-order valence-corrected chi connectivity index (χ3v) is 9.45. The molecule has 0 radical (unpaired) electrons. The van der Waals surface area contributed by atoms with Crippen LogP contribution in [0.2, 0.25) is 0 Å². The van der Waals surface area contributed by atoms with Crippen LogP contribution in [-0.2, 0) is 15.9 Å². The van der Waals surface area contributed by atoms with Crippen LogP contribution in [0.4, 0.5) is 41.1 Å². The first-order chi connectivity index (χ1) is 28.9. The van der Waals surface area contributed by atoms with Crippen LogP contribution in [0.25, 0.3) is 39.0 Å². The summed E-state index contributed by atoms with van der Waals surface area (Å²) < 4.78 is 43.1. The van der Waals surface area contributed by atoms with E-state index >= 15 is 0 Å². The lowest BCUT2D eigenvalue weighted by molar-refractivity contribution is -0.384. The van der Waals surface area contributed by atoms with Gasteiger partial charge in [-0.15, -0.1) is 0 Å². The molecule has 0 bridgehead atoms.